The average Bonchev–Trinajstić information content (AvgIpc) is 2.85. The first kappa shape index (κ1) is 11.9. The maximum atomic E-state index is 6.15. The van der Waals surface area contributed by atoms with Crippen LogP contribution in [0.25, 0.3) is 0 Å². The van der Waals surface area contributed by atoms with E-state index in [1.165, 1.54) is 5.56 Å². The molecule has 1 aromatic rings. The van der Waals surface area contributed by atoms with Crippen molar-refractivity contribution >= 4 is 0 Å². The fourth-order valence-corrected chi connectivity index (χ4v) is 3.01. The van der Waals surface area contributed by atoms with E-state index >= 15 is 0 Å². The minimum atomic E-state index is 0.243. The Morgan fingerprint density at radius 1 is 1.00 bits per heavy atom. The van der Waals surface area contributed by atoms with Crippen LogP contribution in [0.15, 0.2) is 42.5 Å². The molecule has 0 aliphatic carbocycles. The van der Waals surface area contributed by atoms with Crippen molar-refractivity contribution in [2.75, 3.05) is 0 Å². The number of rotatable bonds is 3. The summed E-state index contributed by atoms with van der Waals surface area (Å²) < 4.78 is 12.1. The second-order valence-corrected chi connectivity index (χ2v) is 5.43. The van der Waals surface area contributed by atoms with Gasteiger partial charge in [-0.25, -0.2) is 0 Å². The Bertz CT molecular complexity index is 408. The molecule has 0 N–H and O–H groups in total. The maximum absolute atomic E-state index is 6.15. The van der Waals surface area contributed by atoms with Crippen LogP contribution < -0.4 is 0 Å². The molecular formula is C16H20O2. The first-order chi connectivity index (χ1) is 8.75. The predicted octanol–water partition coefficient (Wildman–Crippen LogP) is 3.18. The Morgan fingerprint density at radius 2 is 1.61 bits per heavy atom. The van der Waals surface area contributed by atoms with Gasteiger partial charge in [-0.05, 0) is 5.56 Å². The number of benzene rings is 1. The van der Waals surface area contributed by atoms with E-state index in [9.17, 15) is 0 Å². The molecule has 1 saturated heterocycles. The average molecular weight is 244 g/mol. The minimum absolute atomic E-state index is 0.243. The van der Waals surface area contributed by atoms with Gasteiger partial charge in [0.05, 0.1) is 24.9 Å². The third-order valence-electron chi connectivity index (χ3n) is 4.16. The van der Waals surface area contributed by atoms with Crippen molar-refractivity contribution in [2.24, 2.45) is 11.8 Å². The zero-order chi connectivity index (χ0) is 12.5. The standard InChI is InChI=1S/C16H20O2/c1-11-14-8-9-15(18-14)12(2)16(11)17-10-13-6-4-3-5-7-13/h3-9,11-12,14-16H,10H2,1-2H3/t11-,12-,14-,15+,16?/m0/s1. The van der Waals surface area contributed by atoms with Gasteiger partial charge < -0.3 is 9.47 Å². The molecule has 2 nitrogen and oxygen atoms in total. The van der Waals surface area contributed by atoms with Crippen molar-refractivity contribution < 1.29 is 9.47 Å². The van der Waals surface area contributed by atoms with Crippen LogP contribution >= 0.6 is 0 Å². The summed E-state index contributed by atoms with van der Waals surface area (Å²) in [5.74, 6) is 0.859. The fourth-order valence-electron chi connectivity index (χ4n) is 3.01. The molecule has 1 unspecified atom stereocenters. The van der Waals surface area contributed by atoms with Gasteiger partial charge in [0.2, 0.25) is 0 Å². The molecule has 96 valence electrons. The molecule has 0 amide bonds. The van der Waals surface area contributed by atoms with E-state index in [1.54, 1.807) is 0 Å². The molecule has 5 atom stereocenters. The van der Waals surface area contributed by atoms with Gasteiger partial charge in [0, 0.05) is 11.8 Å². The molecule has 2 bridgehead atoms. The highest BCUT2D eigenvalue weighted by Crippen LogP contribution is 2.37. The zero-order valence-electron chi connectivity index (χ0n) is 11.0. The summed E-state index contributed by atoms with van der Waals surface area (Å²) >= 11 is 0. The van der Waals surface area contributed by atoms with Gasteiger partial charge in [-0.3, -0.25) is 0 Å². The van der Waals surface area contributed by atoms with E-state index in [-0.39, 0.29) is 18.3 Å². The quantitative estimate of drug-likeness (QED) is 0.760. The third kappa shape index (κ3) is 2.11. The van der Waals surface area contributed by atoms with Crippen LogP contribution in [0, 0.1) is 11.8 Å². The monoisotopic (exact) mass is 244 g/mol. The normalized spacial score (nSPS) is 38.0. The van der Waals surface area contributed by atoms with Crippen LogP contribution in [-0.2, 0) is 16.1 Å². The zero-order valence-corrected chi connectivity index (χ0v) is 11.0. The number of hydrogen-bond acceptors (Lipinski definition) is 2. The van der Waals surface area contributed by atoms with Crippen LogP contribution in [0.3, 0.4) is 0 Å². The fraction of sp³-hybridized carbons (Fsp3) is 0.500. The molecule has 0 saturated carbocycles. The van der Waals surface area contributed by atoms with Gasteiger partial charge in [0.25, 0.3) is 0 Å². The Balaban J connectivity index is 1.66. The summed E-state index contributed by atoms with van der Waals surface area (Å²) in [5, 5.41) is 0. The summed E-state index contributed by atoms with van der Waals surface area (Å²) in [4.78, 5) is 0. The Hall–Kier alpha value is -1.12. The first-order valence-electron chi connectivity index (χ1n) is 6.75. The van der Waals surface area contributed by atoms with E-state index in [0.29, 0.717) is 18.4 Å². The molecule has 2 aliphatic rings. The largest absolute Gasteiger partial charge is 0.373 e. The predicted molar refractivity (Wildman–Crippen MR) is 71.1 cm³/mol. The van der Waals surface area contributed by atoms with Crippen molar-refractivity contribution in [1.82, 2.24) is 0 Å². The molecule has 0 radical (unpaired) electrons. The van der Waals surface area contributed by atoms with Crippen LogP contribution in [0.5, 0.6) is 0 Å². The lowest BCUT2D eigenvalue weighted by Gasteiger charge is -2.39. The third-order valence-corrected chi connectivity index (χ3v) is 4.16. The first-order valence-corrected chi connectivity index (χ1v) is 6.75. The lowest BCUT2D eigenvalue weighted by atomic mass is 9.86. The highest BCUT2D eigenvalue weighted by Gasteiger charge is 2.43. The van der Waals surface area contributed by atoms with Crippen molar-refractivity contribution in [3.63, 3.8) is 0 Å². The van der Waals surface area contributed by atoms with E-state index in [1.807, 2.05) is 6.07 Å². The molecule has 2 aliphatic heterocycles. The van der Waals surface area contributed by atoms with Crippen molar-refractivity contribution in [2.45, 2.75) is 38.8 Å². The number of ether oxygens (including phenoxy) is 2. The lowest BCUT2D eigenvalue weighted by Crippen LogP contribution is -2.45. The number of hydrogen-bond donors (Lipinski definition) is 0. The van der Waals surface area contributed by atoms with Crippen molar-refractivity contribution in [3.8, 4) is 0 Å². The van der Waals surface area contributed by atoms with E-state index in [4.69, 9.17) is 9.47 Å². The topological polar surface area (TPSA) is 18.5 Å². The molecule has 0 spiro atoms. The molecule has 0 aromatic heterocycles. The Labute approximate surface area is 109 Å². The van der Waals surface area contributed by atoms with Gasteiger partial charge in [-0.2, -0.15) is 0 Å². The van der Waals surface area contributed by atoms with E-state index in [2.05, 4.69) is 50.3 Å². The Morgan fingerprint density at radius 3 is 2.22 bits per heavy atom. The SMILES string of the molecule is C[C@@H]1C(OCc2ccccc2)[C@@H](C)[C@H]2C=C[C@@H]1O2. The van der Waals surface area contributed by atoms with Crippen LogP contribution in [0.4, 0.5) is 0 Å². The molecular weight excluding hydrogens is 224 g/mol. The summed E-state index contributed by atoms with van der Waals surface area (Å²) in [6.07, 6.45) is 5.15. The van der Waals surface area contributed by atoms with Crippen molar-refractivity contribution in [1.29, 1.82) is 0 Å². The van der Waals surface area contributed by atoms with Gasteiger partial charge in [0.1, 0.15) is 0 Å². The number of fused-ring (bicyclic) bond motifs is 2. The Kier molecular flexibility index (Phi) is 3.23. The summed E-state index contributed by atoms with van der Waals surface area (Å²) in [6.45, 7) is 5.14. The second kappa shape index (κ2) is 4.87. The van der Waals surface area contributed by atoms with Gasteiger partial charge in [-0.1, -0.05) is 56.3 Å². The van der Waals surface area contributed by atoms with Gasteiger partial charge in [-0.15, -0.1) is 0 Å². The maximum Gasteiger partial charge on any atom is 0.0815 e. The molecule has 1 fully saturated rings. The van der Waals surface area contributed by atoms with Crippen molar-refractivity contribution in [3.05, 3.63) is 48.0 Å². The lowest BCUT2D eigenvalue weighted by molar-refractivity contribution is -0.145. The summed E-state index contributed by atoms with van der Waals surface area (Å²) in [7, 11) is 0. The van der Waals surface area contributed by atoms with E-state index in [0.717, 1.165) is 0 Å². The van der Waals surface area contributed by atoms with Crippen LogP contribution in [0.1, 0.15) is 19.4 Å². The highest BCUT2D eigenvalue weighted by atomic mass is 16.5. The molecule has 2 heteroatoms. The van der Waals surface area contributed by atoms with Gasteiger partial charge in [0.15, 0.2) is 0 Å². The highest BCUT2D eigenvalue weighted by molar-refractivity contribution is 5.14. The minimum Gasteiger partial charge on any atom is -0.373 e. The molecule has 3 rings (SSSR count). The summed E-state index contributed by atoms with van der Waals surface area (Å²) in [6, 6.07) is 10.4. The van der Waals surface area contributed by atoms with E-state index < -0.39 is 0 Å². The van der Waals surface area contributed by atoms with Gasteiger partial charge >= 0.3 is 0 Å². The summed E-state index contributed by atoms with van der Waals surface area (Å²) in [5.41, 5.74) is 1.24. The molecule has 18 heavy (non-hydrogen) atoms. The molecule has 1 aromatic carbocycles. The van der Waals surface area contributed by atoms with Crippen LogP contribution in [-0.4, -0.2) is 18.3 Å². The van der Waals surface area contributed by atoms with Crippen LogP contribution in [0.2, 0.25) is 0 Å². The smallest absolute Gasteiger partial charge is 0.0815 e. The second-order valence-electron chi connectivity index (χ2n) is 5.43. The molecule has 2 heterocycles.